The van der Waals surface area contributed by atoms with Gasteiger partial charge in [-0.25, -0.2) is 0 Å². The molecule has 5 nitrogen and oxygen atoms in total. The molecule has 18 heavy (non-hydrogen) atoms. The summed E-state index contributed by atoms with van der Waals surface area (Å²) < 4.78 is 5.82. The molecule has 2 heterocycles. The van der Waals surface area contributed by atoms with Crippen molar-refractivity contribution < 1.29 is 4.74 Å². The number of nitrogens with one attached hydrogen (secondary N) is 1. The molecule has 1 aromatic rings. The number of hydrazine groups is 1. The molecule has 0 saturated carbocycles. The number of likely N-dealkylation sites (N-methyl/N-ethyl adjacent to an activating group) is 1. The molecule has 1 saturated heterocycles. The second kappa shape index (κ2) is 6.80. The maximum atomic E-state index is 5.82. The van der Waals surface area contributed by atoms with Crippen LogP contribution in [0.2, 0.25) is 0 Å². The van der Waals surface area contributed by atoms with Crippen LogP contribution >= 0.6 is 0 Å². The van der Waals surface area contributed by atoms with Crippen molar-refractivity contribution in [1.82, 2.24) is 15.3 Å². The van der Waals surface area contributed by atoms with Crippen LogP contribution < -0.4 is 11.3 Å². The fourth-order valence-corrected chi connectivity index (χ4v) is 2.30. The van der Waals surface area contributed by atoms with Crippen molar-refractivity contribution in [3.63, 3.8) is 0 Å². The van der Waals surface area contributed by atoms with Gasteiger partial charge in [-0.3, -0.25) is 21.2 Å². The number of pyridine rings is 1. The number of morpholine rings is 1. The van der Waals surface area contributed by atoms with Crippen molar-refractivity contribution in [2.75, 3.05) is 26.2 Å². The van der Waals surface area contributed by atoms with Gasteiger partial charge in [0.15, 0.2) is 0 Å². The molecule has 0 amide bonds. The molecule has 1 aliphatic heterocycles. The first-order chi connectivity index (χ1) is 8.83. The average molecular weight is 250 g/mol. The third-order valence-electron chi connectivity index (χ3n) is 3.44. The van der Waals surface area contributed by atoms with E-state index in [1.165, 1.54) is 0 Å². The second-order valence-electron chi connectivity index (χ2n) is 4.60. The quantitative estimate of drug-likeness (QED) is 0.576. The Labute approximate surface area is 108 Å². The Bertz CT molecular complexity index is 346. The fraction of sp³-hybridized carbons (Fsp3) is 0.615. The van der Waals surface area contributed by atoms with E-state index < -0.39 is 0 Å². The van der Waals surface area contributed by atoms with E-state index in [0.717, 1.165) is 38.4 Å². The predicted octanol–water partition coefficient (Wildman–Crippen LogP) is 0.177. The molecule has 5 heteroatoms. The minimum absolute atomic E-state index is 0.106. The van der Waals surface area contributed by atoms with Gasteiger partial charge in [0.2, 0.25) is 0 Å². The monoisotopic (exact) mass is 250 g/mol. The highest BCUT2D eigenvalue weighted by Gasteiger charge is 2.27. The van der Waals surface area contributed by atoms with Crippen LogP contribution in [0.1, 0.15) is 12.6 Å². The molecule has 2 atom stereocenters. The number of nitrogens with zero attached hydrogens (tertiary/aromatic N) is 2. The molecule has 0 aliphatic carbocycles. The topological polar surface area (TPSA) is 63.4 Å². The number of hydrogen-bond acceptors (Lipinski definition) is 5. The molecule has 1 aromatic heterocycles. The van der Waals surface area contributed by atoms with Gasteiger partial charge >= 0.3 is 0 Å². The molecule has 3 N–H and O–H groups in total. The highest BCUT2D eigenvalue weighted by molar-refractivity contribution is 5.06. The SMILES string of the molecule is CCN1CCOC(C(Cc2ccccn2)NN)C1. The second-order valence-corrected chi connectivity index (χ2v) is 4.60. The highest BCUT2D eigenvalue weighted by atomic mass is 16.5. The van der Waals surface area contributed by atoms with E-state index >= 15 is 0 Å². The minimum Gasteiger partial charge on any atom is -0.374 e. The smallest absolute Gasteiger partial charge is 0.0872 e. The van der Waals surface area contributed by atoms with Crippen molar-refractivity contribution in [2.45, 2.75) is 25.5 Å². The summed E-state index contributed by atoms with van der Waals surface area (Å²) in [6, 6.07) is 6.04. The van der Waals surface area contributed by atoms with E-state index in [9.17, 15) is 0 Å². The highest BCUT2D eigenvalue weighted by Crippen LogP contribution is 2.11. The molecule has 2 unspecified atom stereocenters. The molecule has 0 aromatic carbocycles. The lowest BCUT2D eigenvalue weighted by Crippen LogP contribution is -2.54. The third-order valence-corrected chi connectivity index (χ3v) is 3.44. The maximum absolute atomic E-state index is 5.82. The molecule has 1 aliphatic rings. The predicted molar refractivity (Wildman–Crippen MR) is 70.9 cm³/mol. The van der Waals surface area contributed by atoms with Gasteiger partial charge in [0.25, 0.3) is 0 Å². The van der Waals surface area contributed by atoms with Gasteiger partial charge < -0.3 is 4.74 Å². The van der Waals surface area contributed by atoms with Gasteiger partial charge in [-0.15, -0.1) is 0 Å². The van der Waals surface area contributed by atoms with Crippen LogP contribution in [0.5, 0.6) is 0 Å². The number of ether oxygens (including phenoxy) is 1. The molecule has 1 fully saturated rings. The molecule has 2 rings (SSSR count). The molecule has 0 spiro atoms. The van der Waals surface area contributed by atoms with E-state index in [1.807, 2.05) is 24.4 Å². The summed E-state index contributed by atoms with van der Waals surface area (Å²) in [6.07, 6.45) is 2.73. The fourth-order valence-electron chi connectivity index (χ4n) is 2.30. The Kier molecular flexibility index (Phi) is 5.07. The first-order valence-electron chi connectivity index (χ1n) is 6.53. The Morgan fingerprint density at radius 1 is 1.61 bits per heavy atom. The number of hydrogen-bond donors (Lipinski definition) is 2. The zero-order valence-electron chi connectivity index (χ0n) is 10.9. The zero-order chi connectivity index (χ0) is 12.8. The van der Waals surface area contributed by atoms with Crippen molar-refractivity contribution in [3.8, 4) is 0 Å². The lowest BCUT2D eigenvalue weighted by molar-refractivity contribution is -0.0449. The number of nitrogens with two attached hydrogens (primary N) is 1. The molecule has 100 valence electrons. The number of aromatic nitrogens is 1. The summed E-state index contributed by atoms with van der Waals surface area (Å²) in [4.78, 5) is 6.72. The lowest BCUT2D eigenvalue weighted by atomic mass is 10.0. The van der Waals surface area contributed by atoms with E-state index in [2.05, 4.69) is 22.2 Å². The summed E-state index contributed by atoms with van der Waals surface area (Å²) in [5, 5.41) is 0. The first-order valence-corrected chi connectivity index (χ1v) is 6.53. The summed E-state index contributed by atoms with van der Waals surface area (Å²) in [6.45, 7) is 5.94. The first kappa shape index (κ1) is 13.4. The van der Waals surface area contributed by atoms with Crippen molar-refractivity contribution in [1.29, 1.82) is 0 Å². The Morgan fingerprint density at radius 2 is 2.50 bits per heavy atom. The van der Waals surface area contributed by atoms with Crippen LogP contribution in [-0.4, -0.2) is 48.3 Å². The van der Waals surface area contributed by atoms with Crippen LogP contribution in [0.15, 0.2) is 24.4 Å². The maximum Gasteiger partial charge on any atom is 0.0872 e. The van der Waals surface area contributed by atoms with Crippen LogP contribution in [0, 0.1) is 0 Å². The largest absolute Gasteiger partial charge is 0.374 e. The normalized spacial score (nSPS) is 22.9. The van der Waals surface area contributed by atoms with Crippen LogP contribution in [-0.2, 0) is 11.2 Å². The van der Waals surface area contributed by atoms with Gasteiger partial charge in [-0.2, -0.15) is 0 Å². The Balaban J connectivity index is 1.95. The molecule has 0 radical (unpaired) electrons. The zero-order valence-corrected chi connectivity index (χ0v) is 10.9. The average Bonchev–Trinajstić information content (AvgIpc) is 2.46. The minimum atomic E-state index is 0.106. The van der Waals surface area contributed by atoms with Crippen molar-refractivity contribution >= 4 is 0 Å². The van der Waals surface area contributed by atoms with Crippen LogP contribution in [0.25, 0.3) is 0 Å². The number of rotatable bonds is 5. The summed E-state index contributed by atoms with van der Waals surface area (Å²) >= 11 is 0. The van der Waals surface area contributed by atoms with Gasteiger partial charge in [-0.05, 0) is 18.7 Å². The van der Waals surface area contributed by atoms with E-state index in [1.54, 1.807) is 0 Å². The van der Waals surface area contributed by atoms with Gasteiger partial charge in [0.1, 0.15) is 0 Å². The van der Waals surface area contributed by atoms with E-state index in [0.29, 0.717) is 0 Å². The molecule has 0 bridgehead atoms. The van der Waals surface area contributed by atoms with Crippen LogP contribution in [0.4, 0.5) is 0 Å². The van der Waals surface area contributed by atoms with Crippen molar-refractivity contribution in [2.24, 2.45) is 5.84 Å². The summed E-state index contributed by atoms with van der Waals surface area (Å²) in [5.74, 6) is 5.66. The Hall–Kier alpha value is -1.01. The standard InChI is InChI=1S/C13H22N4O/c1-2-17-7-8-18-13(10-17)12(16-14)9-11-5-3-4-6-15-11/h3-6,12-13,16H,2,7-10,14H2,1H3. The van der Waals surface area contributed by atoms with E-state index in [4.69, 9.17) is 10.6 Å². The lowest BCUT2D eigenvalue weighted by Gasteiger charge is -2.36. The van der Waals surface area contributed by atoms with Crippen LogP contribution in [0.3, 0.4) is 0 Å². The van der Waals surface area contributed by atoms with Gasteiger partial charge in [0, 0.05) is 31.4 Å². The Morgan fingerprint density at radius 3 is 3.17 bits per heavy atom. The van der Waals surface area contributed by atoms with Gasteiger partial charge in [0.05, 0.1) is 18.8 Å². The van der Waals surface area contributed by atoms with Gasteiger partial charge in [-0.1, -0.05) is 13.0 Å². The summed E-state index contributed by atoms with van der Waals surface area (Å²) in [5.41, 5.74) is 3.91. The third kappa shape index (κ3) is 3.49. The van der Waals surface area contributed by atoms with E-state index in [-0.39, 0.29) is 12.1 Å². The summed E-state index contributed by atoms with van der Waals surface area (Å²) in [7, 11) is 0. The van der Waals surface area contributed by atoms with Crippen molar-refractivity contribution in [3.05, 3.63) is 30.1 Å². The molecular formula is C13H22N4O. The molecular weight excluding hydrogens is 228 g/mol.